The van der Waals surface area contributed by atoms with Gasteiger partial charge in [-0.1, -0.05) is 12.8 Å². The largest absolute Gasteiger partial charge is 0.357 e. The zero-order chi connectivity index (χ0) is 16.1. The number of carbonyl (C=O) groups excluding carboxylic acids is 1. The first-order valence-electron chi connectivity index (χ1n) is 9.59. The lowest BCUT2D eigenvalue weighted by Crippen LogP contribution is -2.40. The van der Waals surface area contributed by atoms with Gasteiger partial charge in [0.15, 0.2) is 5.96 Å². The van der Waals surface area contributed by atoms with Crippen molar-refractivity contribution >= 4 is 11.9 Å². The molecule has 2 heterocycles. The Kier molecular flexibility index (Phi) is 5.79. The number of hydrogen-bond acceptors (Lipinski definition) is 2. The van der Waals surface area contributed by atoms with E-state index in [1.165, 1.54) is 38.8 Å². The first kappa shape index (κ1) is 16.6. The summed E-state index contributed by atoms with van der Waals surface area (Å²) in [4.78, 5) is 20.9. The third-order valence-corrected chi connectivity index (χ3v) is 5.63. The Morgan fingerprint density at radius 2 is 1.96 bits per heavy atom. The molecule has 23 heavy (non-hydrogen) atoms. The predicted octanol–water partition coefficient (Wildman–Crippen LogP) is 2.09. The molecule has 3 fully saturated rings. The fourth-order valence-corrected chi connectivity index (χ4v) is 4.39. The average molecular weight is 320 g/mol. The maximum Gasteiger partial charge on any atom is 0.222 e. The zero-order valence-electron chi connectivity index (χ0n) is 14.6. The summed E-state index contributed by atoms with van der Waals surface area (Å²) in [6.45, 7) is 8.06. The first-order valence-corrected chi connectivity index (χ1v) is 9.59. The lowest BCUT2D eigenvalue weighted by molar-refractivity contribution is -0.127. The summed E-state index contributed by atoms with van der Waals surface area (Å²) in [5, 5.41) is 3.47. The lowest BCUT2D eigenvalue weighted by atomic mass is 9.82. The standard InChI is InChI=1S/C18H32N4O/c1-2-19-18(20-10-6-12-21-11-5-9-17(21)23)22-13-15-7-3-4-8-16(15)14-22/h15-16H,2-14H2,1H3,(H,19,20). The van der Waals surface area contributed by atoms with Gasteiger partial charge in [0.1, 0.15) is 0 Å². The molecule has 0 spiro atoms. The van der Waals surface area contributed by atoms with Crippen molar-refractivity contribution in [2.75, 3.05) is 39.3 Å². The second kappa shape index (κ2) is 8.02. The van der Waals surface area contributed by atoms with Crippen molar-refractivity contribution in [1.29, 1.82) is 0 Å². The van der Waals surface area contributed by atoms with Crippen LogP contribution in [-0.4, -0.2) is 60.9 Å². The molecule has 2 aliphatic heterocycles. The second-order valence-corrected chi connectivity index (χ2v) is 7.28. The van der Waals surface area contributed by atoms with Gasteiger partial charge < -0.3 is 15.1 Å². The Hall–Kier alpha value is -1.26. The maximum absolute atomic E-state index is 11.6. The highest BCUT2D eigenvalue weighted by Crippen LogP contribution is 2.35. The number of amides is 1. The molecule has 3 rings (SSSR count). The summed E-state index contributed by atoms with van der Waals surface area (Å²) in [6.07, 6.45) is 8.36. The molecule has 1 N–H and O–H groups in total. The van der Waals surface area contributed by atoms with E-state index >= 15 is 0 Å². The molecular weight excluding hydrogens is 288 g/mol. The summed E-state index contributed by atoms with van der Waals surface area (Å²) in [6, 6.07) is 0. The molecule has 3 aliphatic rings. The molecule has 130 valence electrons. The van der Waals surface area contributed by atoms with E-state index in [-0.39, 0.29) is 0 Å². The third-order valence-electron chi connectivity index (χ3n) is 5.63. The summed E-state index contributed by atoms with van der Waals surface area (Å²) >= 11 is 0. The molecule has 1 amide bonds. The van der Waals surface area contributed by atoms with Gasteiger partial charge in [0, 0.05) is 45.7 Å². The van der Waals surface area contributed by atoms with Gasteiger partial charge in [0.25, 0.3) is 0 Å². The van der Waals surface area contributed by atoms with E-state index in [0.717, 1.165) is 63.2 Å². The number of nitrogens with one attached hydrogen (secondary N) is 1. The van der Waals surface area contributed by atoms with Crippen LogP contribution in [0.3, 0.4) is 0 Å². The van der Waals surface area contributed by atoms with Crippen LogP contribution in [0.25, 0.3) is 0 Å². The zero-order valence-corrected chi connectivity index (χ0v) is 14.6. The molecule has 5 nitrogen and oxygen atoms in total. The van der Waals surface area contributed by atoms with Crippen LogP contribution < -0.4 is 5.32 Å². The van der Waals surface area contributed by atoms with Crippen molar-refractivity contribution in [1.82, 2.24) is 15.1 Å². The second-order valence-electron chi connectivity index (χ2n) is 7.28. The normalized spacial score (nSPS) is 28.4. The van der Waals surface area contributed by atoms with Crippen LogP contribution in [0.2, 0.25) is 0 Å². The van der Waals surface area contributed by atoms with Crippen LogP contribution in [0.15, 0.2) is 4.99 Å². The van der Waals surface area contributed by atoms with Crippen molar-refractivity contribution in [2.45, 2.75) is 51.9 Å². The summed E-state index contributed by atoms with van der Waals surface area (Å²) in [5.41, 5.74) is 0. The molecule has 0 aromatic rings. The molecular formula is C18H32N4O. The van der Waals surface area contributed by atoms with Gasteiger partial charge in [-0.05, 0) is 44.4 Å². The Labute approximate surface area is 140 Å². The van der Waals surface area contributed by atoms with Crippen LogP contribution in [0.1, 0.15) is 51.9 Å². The Morgan fingerprint density at radius 1 is 1.22 bits per heavy atom. The van der Waals surface area contributed by atoms with Gasteiger partial charge in [0.2, 0.25) is 5.91 Å². The van der Waals surface area contributed by atoms with E-state index in [2.05, 4.69) is 17.1 Å². The number of aliphatic imine (C=N–C) groups is 1. The van der Waals surface area contributed by atoms with E-state index in [9.17, 15) is 4.79 Å². The predicted molar refractivity (Wildman–Crippen MR) is 93.4 cm³/mol. The smallest absolute Gasteiger partial charge is 0.222 e. The number of rotatable bonds is 5. The van der Waals surface area contributed by atoms with Gasteiger partial charge in [-0.2, -0.15) is 0 Å². The molecule has 0 bridgehead atoms. The van der Waals surface area contributed by atoms with Crippen molar-refractivity contribution in [3.63, 3.8) is 0 Å². The number of fused-ring (bicyclic) bond motifs is 1. The number of likely N-dealkylation sites (tertiary alicyclic amines) is 2. The highest BCUT2D eigenvalue weighted by molar-refractivity contribution is 5.80. The molecule has 0 radical (unpaired) electrons. The SMILES string of the molecule is CCNC(=NCCCN1CCCC1=O)N1CC2CCCCC2C1. The molecule has 2 saturated heterocycles. The fourth-order valence-electron chi connectivity index (χ4n) is 4.39. The third kappa shape index (κ3) is 4.18. The Morgan fingerprint density at radius 3 is 2.57 bits per heavy atom. The van der Waals surface area contributed by atoms with Gasteiger partial charge in [-0.15, -0.1) is 0 Å². The Bertz CT molecular complexity index is 423. The number of guanidine groups is 1. The minimum absolute atomic E-state index is 0.324. The summed E-state index contributed by atoms with van der Waals surface area (Å²) in [7, 11) is 0. The van der Waals surface area contributed by atoms with E-state index < -0.39 is 0 Å². The van der Waals surface area contributed by atoms with E-state index in [1.807, 2.05) is 4.90 Å². The molecule has 0 aromatic carbocycles. The first-order chi connectivity index (χ1) is 11.3. The summed E-state index contributed by atoms with van der Waals surface area (Å²) < 4.78 is 0. The molecule has 5 heteroatoms. The fraction of sp³-hybridized carbons (Fsp3) is 0.889. The highest BCUT2D eigenvalue weighted by atomic mass is 16.2. The molecule has 2 unspecified atom stereocenters. The minimum atomic E-state index is 0.324. The lowest BCUT2D eigenvalue weighted by Gasteiger charge is -2.22. The maximum atomic E-state index is 11.6. The topological polar surface area (TPSA) is 47.9 Å². The summed E-state index contributed by atoms with van der Waals surface area (Å²) in [5.74, 6) is 3.18. The van der Waals surface area contributed by atoms with Gasteiger partial charge >= 0.3 is 0 Å². The highest BCUT2D eigenvalue weighted by Gasteiger charge is 2.35. The van der Waals surface area contributed by atoms with E-state index in [4.69, 9.17) is 4.99 Å². The number of nitrogens with zero attached hydrogens (tertiary/aromatic N) is 3. The molecule has 1 aliphatic carbocycles. The van der Waals surface area contributed by atoms with Crippen molar-refractivity contribution in [2.24, 2.45) is 16.8 Å². The Balaban J connectivity index is 1.48. The van der Waals surface area contributed by atoms with Crippen LogP contribution in [-0.2, 0) is 4.79 Å². The monoisotopic (exact) mass is 320 g/mol. The molecule has 0 aromatic heterocycles. The van der Waals surface area contributed by atoms with Crippen molar-refractivity contribution < 1.29 is 4.79 Å². The number of hydrogen-bond donors (Lipinski definition) is 1. The van der Waals surface area contributed by atoms with Gasteiger partial charge in [-0.25, -0.2) is 0 Å². The molecule has 2 atom stereocenters. The average Bonchev–Trinajstić information content (AvgIpc) is 3.16. The van der Waals surface area contributed by atoms with Crippen molar-refractivity contribution in [3.8, 4) is 0 Å². The van der Waals surface area contributed by atoms with Gasteiger partial charge in [0.05, 0.1) is 0 Å². The van der Waals surface area contributed by atoms with E-state index in [0.29, 0.717) is 5.91 Å². The minimum Gasteiger partial charge on any atom is -0.357 e. The van der Waals surface area contributed by atoms with E-state index in [1.54, 1.807) is 0 Å². The number of carbonyl (C=O) groups is 1. The molecule has 1 saturated carbocycles. The van der Waals surface area contributed by atoms with Crippen LogP contribution in [0, 0.1) is 11.8 Å². The van der Waals surface area contributed by atoms with Crippen LogP contribution >= 0.6 is 0 Å². The van der Waals surface area contributed by atoms with Gasteiger partial charge in [-0.3, -0.25) is 9.79 Å². The van der Waals surface area contributed by atoms with Crippen LogP contribution in [0.5, 0.6) is 0 Å². The van der Waals surface area contributed by atoms with Crippen molar-refractivity contribution in [3.05, 3.63) is 0 Å². The quantitative estimate of drug-likeness (QED) is 0.479. The van der Waals surface area contributed by atoms with Crippen LogP contribution in [0.4, 0.5) is 0 Å².